The van der Waals surface area contributed by atoms with Crippen molar-refractivity contribution in [2.75, 3.05) is 19.8 Å². The number of rotatable bonds is 8. The van der Waals surface area contributed by atoms with Crippen molar-refractivity contribution < 1.29 is 27.4 Å². The van der Waals surface area contributed by atoms with Crippen LogP contribution in [0.25, 0.3) is 22.3 Å². The first-order valence-corrected chi connectivity index (χ1v) is 11.8. The molecule has 1 aliphatic heterocycles. The quantitative estimate of drug-likeness (QED) is 0.338. The number of ether oxygens (including phenoxy) is 3. The van der Waals surface area contributed by atoms with E-state index in [2.05, 4.69) is 6.92 Å². The van der Waals surface area contributed by atoms with Crippen LogP contribution in [0, 0.1) is 23.4 Å². The molecule has 0 spiro atoms. The van der Waals surface area contributed by atoms with E-state index in [4.69, 9.17) is 14.2 Å². The van der Waals surface area contributed by atoms with Crippen molar-refractivity contribution in [2.24, 2.45) is 5.92 Å². The van der Waals surface area contributed by atoms with Crippen molar-refractivity contribution in [1.82, 2.24) is 0 Å². The van der Waals surface area contributed by atoms with Gasteiger partial charge in [-0.25, -0.2) is 8.78 Å². The summed E-state index contributed by atoms with van der Waals surface area (Å²) in [5.41, 5.74) is 2.28. The highest BCUT2D eigenvalue weighted by atomic mass is 19.2. The fraction of sp³-hybridized carbons (Fsp3) is 0.357. The maximum atomic E-state index is 14.9. The van der Waals surface area contributed by atoms with E-state index in [1.807, 2.05) is 6.92 Å². The second-order valence-corrected chi connectivity index (χ2v) is 8.56. The van der Waals surface area contributed by atoms with E-state index in [9.17, 15) is 13.2 Å². The second-order valence-electron chi connectivity index (χ2n) is 8.56. The second kappa shape index (κ2) is 11.1. The molecule has 0 N–H and O–H groups in total. The number of halogens is 3. The summed E-state index contributed by atoms with van der Waals surface area (Å²) in [5.74, 6) is -2.10. The first kappa shape index (κ1) is 24.3. The van der Waals surface area contributed by atoms with Gasteiger partial charge < -0.3 is 14.2 Å². The Hall–Kier alpha value is -2.83. The van der Waals surface area contributed by atoms with E-state index in [0.717, 1.165) is 12.8 Å². The molecule has 0 aromatic heterocycles. The summed E-state index contributed by atoms with van der Waals surface area (Å²) >= 11 is 0. The summed E-state index contributed by atoms with van der Waals surface area (Å²) in [6.07, 6.45) is 2.25. The average molecular weight is 471 g/mol. The molecular weight excluding hydrogens is 441 g/mol. The summed E-state index contributed by atoms with van der Waals surface area (Å²) in [4.78, 5) is 0. The van der Waals surface area contributed by atoms with Gasteiger partial charge in [-0.15, -0.1) is 0 Å². The minimum atomic E-state index is -1.01. The van der Waals surface area contributed by atoms with Crippen LogP contribution in [0.2, 0.25) is 0 Å². The van der Waals surface area contributed by atoms with Crippen LogP contribution in [0.4, 0.5) is 13.2 Å². The van der Waals surface area contributed by atoms with Gasteiger partial charge in [-0.05, 0) is 42.2 Å². The molecule has 1 heterocycles. The Morgan fingerprint density at radius 1 is 0.794 bits per heavy atom. The van der Waals surface area contributed by atoms with E-state index in [-0.39, 0.29) is 11.3 Å². The van der Waals surface area contributed by atoms with Gasteiger partial charge in [0.2, 0.25) is 5.82 Å². The molecule has 0 amide bonds. The standard InChI is InChI=1S/C28H29F3O3/c1-3-5-18-16-33-28(34-17-18)21-10-11-22(24(29)15-21)19-6-8-20(9-7-19)23-12-13-25(32-14-4-2)27(31)26(23)30/h6-13,15,18,28H,3-5,14,16-17H2,1-2H3. The SMILES string of the molecule is CCCOc1ccc(-c2ccc(-c3ccc(C4OCC(CCC)CO4)cc3F)cc2)c(F)c1F. The predicted molar refractivity (Wildman–Crippen MR) is 126 cm³/mol. The molecule has 6 heteroatoms. The monoisotopic (exact) mass is 470 g/mol. The molecule has 0 radical (unpaired) electrons. The van der Waals surface area contributed by atoms with Crippen LogP contribution >= 0.6 is 0 Å². The van der Waals surface area contributed by atoms with E-state index >= 15 is 0 Å². The third kappa shape index (κ3) is 5.29. The lowest BCUT2D eigenvalue weighted by Gasteiger charge is -2.29. The van der Waals surface area contributed by atoms with Gasteiger partial charge in [-0.1, -0.05) is 56.7 Å². The van der Waals surface area contributed by atoms with Gasteiger partial charge in [0.15, 0.2) is 17.9 Å². The van der Waals surface area contributed by atoms with E-state index in [1.54, 1.807) is 36.4 Å². The van der Waals surface area contributed by atoms with E-state index < -0.39 is 23.7 Å². The van der Waals surface area contributed by atoms with Crippen molar-refractivity contribution in [1.29, 1.82) is 0 Å². The molecule has 1 aliphatic rings. The highest BCUT2D eigenvalue weighted by Crippen LogP contribution is 2.33. The van der Waals surface area contributed by atoms with E-state index in [1.165, 1.54) is 18.2 Å². The molecule has 3 aromatic rings. The lowest BCUT2D eigenvalue weighted by molar-refractivity contribution is -0.206. The van der Waals surface area contributed by atoms with Crippen LogP contribution in [0.15, 0.2) is 54.6 Å². The smallest absolute Gasteiger partial charge is 0.201 e. The molecule has 0 unspecified atom stereocenters. The molecule has 34 heavy (non-hydrogen) atoms. The largest absolute Gasteiger partial charge is 0.490 e. The zero-order valence-corrected chi connectivity index (χ0v) is 19.5. The Morgan fingerprint density at radius 2 is 1.44 bits per heavy atom. The minimum absolute atomic E-state index is 0.103. The summed E-state index contributed by atoms with van der Waals surface area (Å²) in [5, 5.41) is 0. The molecule has 1 fully saturated rings. The Morgan fingerprint density at radius 3 is 2.06 bits per heavy atom. The summed E-state index contributed by atoms with van der Waals surface area (Å²) in [6.45, 7) is 5.53. The van der Waals surface area contributed by atoms with Crippen LogP contribution in [-0.2, 0) is 9.47 Å². The molecule has 4 rings (SSSR count). The fourth-order valence-electron chi connectivity index (χ4n) is 4.13. The number of hydrogen-bond acceptors (Lipinski definition) is 3. The van der Waals surface area contributed by atoms with Gasteiger partial charge in [0.05, 0.1) is 19.8 Å². The van der Waals surface area contributed by atoms with Gasteiger partial charge in [-0.3, -0.25) is 0 Å². The van der Waals surface area contributed by atoms with Crippen molar-refractivity contribution in [3.63, 3.8) is 0 Å². The zero-order chi connectivity index (χ0) is 24.1. The normalized spacial score (nSPS) is 18.1. The molecule has 180 valence electrons. The lowest BCUT2D eigenvalue weighted by atomic mass is 9.98. The molecule has 0 saturated carbocycles. The first-order valence-electron chi connectivity index (χ1n) is 11.8. The van der Waals surface area contributed by atoms with Gasteiger partial charge >= 0.3 is 0 Å². The third-order valence-electron chi connectivity index (χ3n) is 5.94. The topological polar surface area (TPSA) is 27.7 Å². The number of benzene rings is 3. The van der Waals surface area contributed by atoms with Crippen molar-refractivity contribution in [3.05, 3.63) is 77.6 Å². The molecule has 3 aromatic carbocycles. The summed E-state index contributed by atoms with van der Waals surface area (Å²) in [7, 11) is 0. The van der Waals surface area contributed by atoms with Gasteiger partial charge in [0.25, 0.3) is 0 Å². The van der Waals surface area contributed by atoms with Crippen LogP contribution < -0.4 is 4.74 Å². The Balaban J connectivity index is 1.50. The Bertz CT molecular complexity index is 1110. The van der Waals surface area contributed by atoms with E-state index in [0.29, 0.717) is 54.4 Å². The minimum Gasteiger partial charge on any atom is -0.490 e. The Labute approximate surface area is 198 Å². The summed E-state index contributed by atoms with van der Waals surface area (Å²) in [6, 6.07) is 14.5. The average Bonchev–Trinajstić information content (AvgIpc) is 2.86. The molecular formula is C28H29F3O3. The highest BCUT2D eigenvalue weighted by molar-refractivity contribution is 5.71. The van der Waals surface area contributed by atoms with Crippen molar-refractivity contribution in [2.45, 2.75) is 39.4 Å². The van der Waals surface area contributed by atoms with Gasteiger partial charge in [0.1, 0.15) is 5.82 Å². The van der Waals surface area contributed by atoms with Crippen LogP contribution in [0.5, 0.6) is 5.75 Å². The highest BCUT2D eigenvalue weighted by Gasteiger charge is 2.24. The van der Waals surface area contributed by atoms with Crippen LogP contribution in [0.3, 0.4) is 0 Å². The molecule has 0 bridgehead atoms. The maximum Gasteiger partial charge on any atom is 0.201 e. The molecule has 1 saturated heterocycles. The molecule has 0 aliphatic carbocycles. The number of hydrogen-bond donors (Lipinski definition) is 0. The Kier molecular flexibility index (Phi) is 7.91. The van der Waals surface area contributed by atoms with Crippen molar-refractivity contribution in [3.8, 4) is 28.0 Å². The van der Waals surface area contributed by atoms with Crippen LogP contribution in [0.1, 0.15) is 45.0 Å². The first-order chi connectivity index (χ1) is 16.5. The predicted octanol–water partition coefficient (Wildman–Crippen LogP) is 7.69. The molecule has 0 atom stereocenters. The van der Waals surface area contributed by atoms with Gasteiger partial charge in [0, 0.05) is 22.6 Å². The third-order valence-corrected chi connectivity index (χ3v) is 5.94. The maximum absolute atomic E-state index is 14.9. The fourth-order valence-corrected chi connectivity index (χ4v) is 4.13. The molecule has 3 nitrogen and oxygen atoms in total. The zero-order valence-electron chi connectivity index (χ0n) is 19.5. The van der Waals surface area contributed by atoms with Crippen molar-refractivity contribution >= 4 is 0 Å². The van der Waals surface area contributed by atoms with Gasteiger partial charge in [-0.2, -0.15) is 4.39 Å². The summed E-state index contributed by atoms with van der Waals surface area (Å²) < 4.78 is 60.7. The lowest BCUT2D eigenvalue weighted by Crippen LogP contribution is -2.27. The van der Waals surface area contributed by atoms with Crippen LogP contribution in [-0.4, -0.2) is 19.8 Å².